The first kappa shape index (κ1) is 11.9. The van der Waals surface area contributed by atoms with Gasteiger partial charge < -0.3 is 15.7 Å². The van der Waals surface area contributed by atoms with Crippen molar-refractivity contribution in [3.63, 3.8) is 0 Å². The standard InChI is InChI=1S/C9H22N2O/c1-7(2)11(4)6-9(10)5-8(3)12/h7-9,12H,5-6,10H2,1-4H3. The van der Waals surface area contributed by atoms with E-state index in [0.29, 0.717) is 12.5 Å². The van der Waals surface area contributed by atoms with Crippen LogP contribution in [0.25, 0.3) is 0 Å². The smallest absolute Gasteiger partial charge is 0.0527 e. The Morgan fingerprint density at radius 3 is 2.17 bits per heavy atom. The fourth-order valence-corrected chi connectivity index (χ4v) is 1.09. The fourth-order valence-electron chi connectivity index (χ4n) is 1.09. The van der Waals surface area contributed by atoms with E-state index < -0.39 is 0 Å². The molecule has 0 fully saturated rings. The molecule has 0 amide bonds. The molecule has 0 heterocycles. The third-order valence-electron chi connectivity index (χ3n) is 2.05. The molecule has 0 aromatic rings. The Bertz CT molecular complexity index is 115. The maximum absolute atomic E-state index is 9.08. The van der Waals surface area contributed by atoms with E-state index in [-0.39, 0.29) is 12.1 Å². The average molecular weight is 174 g/mol. The molecule has 3 heteroatoms. The van der Waals surface area contributed by atoms with Crippen molar-refractivity contribution in [3.8, 4) is 0 Å². The van der Waals surface area contributed by atoms with Crippen molar-refractivity contribution < 1.29 is 5.11 Å². The first-order valence-electron chi connectivity index (χ1n) is 4.57. The van der Waals surface area contributed by atoms with Crippen molar-refractivity contribution in [2.75, 3.05) is 13.6 Å². The van der Waals surface area contributed by atoms with E-state index in [0.717, 1.165) is 6.54 Å². The molecule has 0 rings (SSSR count). The minimum Gasteiger partial charge on any atom is -0.393 e. The van der Waals surface area contributed by atoms with E-state index in [1.165, 1.54) is 0 Å². The molecule has 0 aliphatic rings. The summed E-state index contributed by atoms with van der Waals surface area (Å²) < 4.78 is 0. The molecule has 3 nitrogen and oxygen atoms in total. The minimum absolute atomic E-state index is 0.0809. The maximum Gasteiger partial charge on any atom is 0.0527 e. The van der Waals surface area contributed by atoms with Gasteiger partial charge in [-0.15, -0.1) is 0 Å². The van der Waals surface area contributed by atoms with E-state index in [1.54, 1.807) is 6.92 Å². The highest BCUT2D eigenvalue weighted by Gasteiger charge is 2.10. The molecule has 0 bridgehead atoms. The molecule has 0 saturated carbocycles. The van der Waals surface area contributed by atoms with Gasteiger partial charge in [0.25, 0.3) is 0 Å². The summed E-state index contributed by atoms with van der Waals surface area (Å²) in [5, 5.41) is 9.08. The predicted octanol–water partition coefficient (Wildman–Crippen LogP) is 0.425. The van der Waals surface area contributed by atoms with Crippen LogP contribution in [0.4, 0.5) is 0 Å². The first-order chi connectivity index (χ1) is 5.43. The van der Waals surface area contributed by atoms with Crippen molar-refractivity contribution in [3.05, 3.63) is 0 Å². The van der Waals surface area contributed by atoms with Gasteiger partial charge in [-0.1, -0.05) is 0 Å². The van der Waals surface area contributed by atoms with Gasteiger partial charge >= 0.3 is 0 Å². The molecule has 0 aromatic carbocycles. The predicted molar refractivity (Wildman–Crippen MR) is 52.0 cm³/mol. The number of hydrogen-bond donors (Lipinski definition) is 2. The van der Waals surface area contributed by atoms with Crippen molar-refractivity contribution in [2.24, 2.45) is 5.73 Å². The number of nitrogens with zero attached hydrogens (tertiary/aromatic N) is 1. The van der Waals surface area contributed by atoms with Gasteiger partial charge in [0.1, 0.15) is 0 Å². The second-order valence-corrected chi connectivity index (χ2v) is 3.88. The van der Waals surface area contributed by atoms with Crippen molar-refractivity contribution in [1.82, 2.24) is 4.90 Å². The average Bonchev–Trinajstić information content (AvgIpc) is 1.84. The summed E-state index contributed by atoms with van der Waals surface area (Å²) in [6.07, 6.45) is 0.386. The number of hydrogen-bond acceptors (Lipinski definition) is 3. The van der Waals surface area contributed by atoms with Crippen LogP contribution in [-0.4, -0.2) is 41.8 Å². The highest BCUT2D eigenvalue weighted by Crippen LogP contribution is 2.00. The highest BCUT2D eigenvalue weighted by molar-refractivity contribution is 4.70. The summed E-state index contributed by atoms with van der Waals surface area (Å²) in [6, 6.07) is 0.599. The monoisotopic (exact) mass is 174 g/mol. The summed E-state index contributed by atoms with van der Waals surface area (Å²) in [7, 11) is 2.05. The van der Waals surface area contributed by atoms with Crippen molar-refractivity contribution >= 4 is 0 Å². The summed E-state index contributed by atoms with van der Waals surface area (Å²) in [4.78, 5) is 2.19. The Morgan fingerprint density at radius 1 is 1.33 bits per heavy atom. The van der Waals surface area contributed by atoms with Crippen LogP contribution in [0.5, 0.6) is 0 Å². The van der Waals surface area contributed by atoms with E-state index in [9.17, 15) is 0 Å². The highest BCUT2D eigenvalue weighted by atomic mass is 16.3. The number of nitrogens with two attached hydrogens (primary N) is 1. The number of rotatable bonds is 5. The van der Waals surface area contributed by atoms with Gasteiger partial charge in [-0.25, -0.2) is 0 Å². The van der Waals surface area contributed by atoms with E-state index in [2.05, 4.69) is 18.7 Å². The molecule has 3 N–H and O–H groups in total. The molecule has 12 heavy (non-hydrogen) atoms. The Kier molecular flexibility index (Phi) is 5.46. The lowest BCUT2D eigenvalue weighted by Gasteiger charge is -2.25. The Labute approximate surface area is 75.6 Å². The third kappa shape index (κ3) is 5.52. The largest absolute Gasteiger partial charge is 0.393 e. The van der Waals surface area contributed by atoms with E-state index in [1.807, 2.05) is 7.05 Å². The molecule has 0 aliphatic heterocycles. The number of aliphatic hydroxyl groups excluding tert-OH is 1. The molecule has 2 atom stereocenters. The molecule has 2 unspecified atom stereocenters. The molecule has 0 aliphatic carbocycles. The molecule has 0 radical (unpaired) electrons. The van der Waals surface area contributed by atoms with Gasteiger partial charge in [-0.05, 0) is 34.2 Å². The topological polar surface area (TPSA) is 49.5 Å². The lowest BCUT2D eigenvalue weighted by atomic mass is 10.1. The Morgan fingerprint density at radius 2 is 1.83 bits per heavy atom. The van der Waals surface area contributed by atoms with Gasteiger partial charge in [0.05, 0.1) is 6.10 Å². The zero-order valence-electron chi connectivity index (χ0n) is 8.62. The Hall–Kier alpha value is -0.120. The van der Waals surface area contributed by atoms with Crippen LogP contribution in [0.15, 0.2) is 0 Å². The van der Waals surface area contributed by atoms with E-state index >= 15 is 0 Å². The van der Waals surface area contributed by atoms with Crippen molar-refractivity contribution in [2.45, 2.75) is 45.4 Å². The van der Waals surface area contributed by atoms with Gasteiger partial charge in [-0.2, -0.15) is 0 Å². The van der Waals surface area contributed by atoms with E-state index in [4.69, 9.17) is 10.8 Å². The van der Waals surface area contributed by atoms with Crippen LogP contribution < -0.4 is 5.73 Å². The molecule has 0 saturated heterocycles. The molecule has 74 valence electrons. The van der Waals surface area contributed by atoms with Gasteiger partial charge in [-0.3, -0.25) is 0 Å². The number of likely N-dealkylation sites (N-methyl/N-ethyl adjacent to an activating group) is 1. The second-order valence-electron chi connectivity index (χ2n) is 3.88. The van der Waals surface area contributed by atoms with Crippen LogP contribution in [0, 0.1) is 0 Å². The number of aliphatic hydroxyl groups is 1. The summed E-state index contributed by atoms with van der Waals surface area (Å²) in [5.41, 5.74) is 5.81. The van der Waals surface area contributed by atoms with Gasteiger partial charge in [0, 0.05) is 18.6 Å². The Balaban J connectivity index is 3.61. The molecule has 0 aromatic heterocycles. The van der Waals surface area contributed by atoms with Crippen molar-refractivity contribution in [1.29, 1.82) is 0 Å². The SMILES string of the molecule is CC(O)CC(N)CN(C)C(C)C. The minimum atomic E-state index is -0.291. The molecule has 0 spiro atoms. The normalized spacial score (nSPS) is 17.0. The van der Waals surface area contributed by atoms with Crippen LogP contribution in [0.3, 0.4) is 0 Å². The quantitative estimate of drug-likeness (QED) is 0.635. The van der Waals surface area contributed by atoms with Gasteiger partial charge in [0.15, 0.2) is 0 Å². The summed E-state index contributed by atoms with van der Waals surface area (Å²) in [5.74, 6) is 0. The zero-order valence-corrected chi connectivity index (χ0v) is 8.62. The maximum atomic E-state index is 9.08. The van der Waals surface area contributed by atoms with Crippen LogP contribution >= 0.6 is 0 Å². The molecular formula is C9H22N2O. The second kappa shape index (κ2) is 5.51. The first-order valence-corrected chi connectivity index (χ1v) is 4.57. The molecular weight excluding hydrogens is 152 g/mol. The zero-order chi connectivity index (χ0) is 9.72. The lowest BCUT2D eigenvalue weighted by Crippen LogP contribution is -2.40. The summed E-state index contributed by atoms with van der Waals surface area (Å²) in [6.45, 7) is 6.89. The fraction of sp³-hybridized carbons (Fsp3) is 1.00. The third-order valence-corrected chi connectivity index (χ3v) is 2.05. The van der Waals surface area contributed by atoms with Crippen LogP contribution in [0.2, 0.25) is 0 Å². The summed E-state index contributed by atoms with van der Waals surface area (Å²) >= 11 is 0. The lowest BCUT2D eigenvalue weighted by molar-refractivity contribution is 0.159. The van der Waals surface area contributed by atoms with Gasteiger partial charge in [0.2, 0.25) is 0 Å². The van der Waals surface area contributed by atoms with Crippen LogP contribution in [-0.2, 0) is 0 Å². The van der Waals surface area contributed by atoms with Crippen LogP contribution in [0.1, 0.15) is 27.2 Å².